The molecule has 4 rings (SSSR count). The van der Waals surface area contributed by atoms with Crippen LogP contribution in [0.25, 0.3) is 16.6 Å². The first-order valence-electron chi connectivity index (χ1n) is 11.0. The first kappa shape index (κ1) is 24.8. The van der Waals surface area contributed by atoms with Gasteiger partial charge in [0.1, 0.15) is 5.56 Å². The molecule has 36 heavy (non-hydrogen) atoms. The summed E-state index contributed by atoms with van der Waals surface area (Å²) in [4.78, 5) is 26.3. The maximum Gasteiger partial charge on any atom is 0.416 e. The van der Waals surface area contributed by atoms with Gasteiger partial charge in [-0.3, -0.25) is 14.2 Å². The minimum Gasteiger partial charge on any atom is -0.493 e. The molecule has 0 aliphatic rings. The molecule has 186 valence electrons. The SMILES string of the molecule is COc1ccc(CCNC(=O)c2cc3ccccc3n(-c3cccc(C(F)(F)F)c3)c2=O)cc1OC. The van der Waals surface area contributed by atoms with Crippen molar-refractivity contribution in [3.05, 3.63) is 99.8 Å². The number of nitrogens with zero attached hydrogens (tertiary/aromatic N) is 1. The van der Waals surface area contributed by atoms with Gasteiger partial charge in [0.05, 0.1) is 25.3 Å². The number of carbonyl (C=O) groups is 1. The van der Waals surface area contributed by atoms with Crippen molar-refractivity contribution in [1.82, 2.24) is 9.88 Å². The van der Waals surface area contributed by atoms with E-state index in [1.54, 1.807) is 36.4 Å². The number of fused-ring (bicyclic) bond motifs is 1. The van der Waals surface area contributed by atoms with Crippen molar-refractivity contribution >= 4 is 16.8 Å². The van der Waals surface area contributed by atoms with Crippen LogP contribution >= 0.6 is 0 Å². The molecule has 0 saturated carbocycles. The highest BCUT2D eigenvalue weighted by Crippen LogP contribution is 2.31. The third kappa shape index (κ3) is 5.05. The first-order valence-corrected chi connectivity index (χ1v) is 11.0. The fraction of sp³-hybridized carbons (Fsp3) is 0.185. The number of pyridine rings is 1. The quantitative estimate of drug-likeness (QED) is 0.391. The third-order valence-corrected chi connectivity index (χ3v) is 5.73. The Morgan fingerprint density at radius 3 is 2.39 bits per heavy atom. The number of rotatable bonds is 7. The Bertz CT molecular complexity index is 1480. The normalized spacial score (nSPS) is 11.4. The van der Waals surface area contributed by atoms with E-state index in [9.17, 15) is 22.8 Å². The number of carbonyl (C=O) groups excluding carboxylic acids is 1. The summed E-state index contributed by atoms with van der Waals surface area (Å²) in [5, 5.41) is 3.27. The zero-order chi connectivity index (χ0) is 25.9. The van der Waals surface area contributed by atoms with Gasteiger partial charge in [-0.15, -0.1) is 0 Å². The van der Waals surface area contributed by atoms with Gasteiger partial charge in [-0.25, -0.2) is 0 Å². The lowest BCUT2D eigenvalue weighted by Crippen LogP contribution is -2.33. The topological polar surface area (TPSA) is 69.6 Å². The lowest BCUT2D eigenvalue weighted by molar-refractivity contribution is -0.137. The van der Waals surface area contributed by atoms with E-state index >= 15 is 0 Å². The molecular formula is C27H23F3N2O4. The molecule has 0 bridgehead atoms. The summed E-state index contributed by atoms with van der Waals surface area (Å²) in [7, 11) is 3.06. The first-order chi connectivity index (χ1) is 17.2. The van der Waals surface area contributed by atoms with Crippen molar-refractivity contribution in [2.45, 2.75) is 12.6 Å². The van der Waals surface area contributed by atoms with Crippen molar-refractivity contribution in [3.63, 3.8) is 0 Å². The number of para-hydroxylation sites is 1. The molecule has 9 heteroatoms. The standard InChI is InChI=1S/C27H23F3N2O4/c1-35-23-11-10-17(14-24(23)36-2)12-13-31-25(33)21-15-18-6-3-4-9-22(18)32(26(21)34)20-8-5-7-19(16-20)27(28,29)30/h3-11,14-16H,12-13H2,1-2H3,(H,31,33). The number of nitrogens with one attached hydrogen (secondary N) is 1. The fourth-order valence-corrected chi connectivity index (χ4v) is 3.95. The number of halogens is 3. The number of alkyl halides is 3. The number of hydrogen-bond donors (Lipinski definition) is 1. The van der Waals surface area contributed by atoms with E-state index in [-0.39, 0.29) is 17.8 Å². The number of ether oxygens (including phenoxy) is 2. The van der Waals surface area contributed by atoms with Crippen LogP contribution in [0.2, 0.25) is 0 Å². The molecule has 0 unspecified atom stereocenters. The molecule has 0 atom stereocenters. The smallest absolute Gasteiger partial charge is 0.416 e. The summed E-state index contributed by atoms with van der Waals surface area (Å²) < 4.78 is 51.6. The monoisotopic (exact) mass is 496 g/mol. The van der Waals surface area contributed by atoms with E-state index in [1.165, 1.54) is 32.4 Å². The molecule has 0 saturated heterocycles. The molecular weight excluding hydrogens is 473 g/mol. The van der Waals surface area contributed by atoms with Crippen molar-refractivity contribution in [2.75, 3.05) is 20.8 Å². The van der Waals surface area contributed by atoms with Crippen LogP contribution in [0.15, 0.2) is 77.6 Å². The molecule has 1 heterocycles. The molecule has 0 aliphatic heterocycles. The Morgan fingerprint density at radius 1 is 0.917 bits per heavy atom. The van der Waals surface area contributed by atoms with Crippen LogP contribution in [-0.4, -0.2) is 31.2 Å². The van der Waals surface area contributed by atoms with Gasteiger partial charge < -0.3 is 14.8 Å². The summed E-state index contributed by atoms with van der Waals surface area (Å²) in [5.41, 5.74) is -0.474. The molecule has 1 amide bonds. The van der Waals surface area contributed by atoms with Gasteiger partial charge in [-0.2, -0.15) is 13.2 Å². The maximum absolute atomic E-state index is 13.4. The molecule has 1 aromatic heterocycles. The van der Waals surface area contributed by atoms with Crippen LogP contribution in [0.5, 0.6) is 11.5 Å². The molecule has 0 aliphatic carbocycles. The van der Waals surface area contributed by atoms with E-state index in [0.717, 1.165) is 22.3 Å². The molecule has 4 aromatic rings. The van der Waals surface area contributed by atoms with Gasteiger partial charge in [0.2, 0.25) is 0 Å². The number of aromatic nitrogens is 1. The molecule has 3 aromatic carbocycles. The van der Waals surface area contributed by atoms with Gasteiger partial charge in [0.25, 0.3) is 11.5 Å². The second-order valence-corrected chi connectivity index (χ2v) is 8.00. The van der Waals surface area contributed by atoms with Crippen LogP contribution in [0.1, 0.15) is 21.5 Å². The lowest BCUT2D eigenvalue weighted by atomic mass is 10.1. The predicted octanol–water partition coefficient (Wildman–Crippen LogP) is 5.00. The van der Waals surface area contributed by atoms with E-state index in [4.69, 9.17) is 9.47 Å². The Kier molecular flexibility index (Phi) is 7.00. The highest BCUT2D eigenvalue weighted by Gasteiger charge is 2.31. The van der Waals surface area contributed by atoms with Crippen LogP contribution in [0.4, 0.5) is 13.2 Å². The number of hydrogen-bond acceptors (Lipinski definition) is 4. The Balaban J connectivity index is 1.65. The largest absolute Gasteiger partial charge is 0.493 e. The summed E-state index contributed by atoms with van der Waals surface area (Å²) in [6.45, 7) is 0.226. The second kappa shape index (κ2) is 10.2. The fourth-order valence-electron chi connectivity index (χ4n) is 3.95. The van der Waals surface area contributed by atoms with Crippen molar-refractivity contribution in [2.24, 2.45) is 0 Å². The highest BCUT2D eigenvalue weighted by molar-refractivity contribution is 5.97. The van der Waals surface area contributed by atoms with Crippen LogP contribution in [0, 0.1) is 0 Å². The molecule has 0 radical (unpaired) electrons. The summed E-state index contributed by atoms with van der Waals surface area (Å²) in [6, 6.07) is 18.0. The summed E-state index contributed by atoms with van der Waals surface area (Å²) >= 11 is 0. The zero-order valence-corrected chi connectivity index (χ0v) is 19.6. The summed E-state index contributed by atoms with van der Waals surface area (Å²) in [5.74, 6) is 0.517. The van der Waals surface area contributed by atoms with Crippen molar-refractivity contribution in [3.8, 4) is 17.2 Å². The van der Waals surface area contributed by atoms with Crippen LogP contribution in [-0.2, 0) is 12.6 Å². The Labute approximate surface area is 204 Å². The molecule has 6 nitrogen and oxygen atoms in total. The minimum atomic E-state index is -4.57. The second-order valence-electron chi connectivity index (χ2n) is 8.00. The van der Waals surface area contributed by atoms with Gasteiger partial charge >= 0.3 is 6.18 Å². The van der Waals surface area contributed by atoms with Gasteiger partial charge in [0, 0.05) is 12.2 Å². The van der Waals surface area contributed by atoms with E-state index < -0.39 is 23.2 Å². The van der Waals surface area contributed by atoms with E-state index in [0.29, 0.717) is 28.8 Å². The maximum atomic E-state index is 13.4. The Hall–Kier alpha value is -4.27. The van der Waals surface area contributed by atoms with Crippen molar-refractivity contribution < 1.29 is 27.4 Å². The van der Waals surface area contributed by atoms with Crippen molar-refractivity contribution in [1.29, 1.82) is 0 Å². The van der Waals surface area contributed by atoms with Crippen LogP contribution in [0.3, 0.4) is 0 Å². The van der Waals surface area contributed by atoms with Gasteiger partial charge in [-0.05, 0) is 59.8 Å². The third-order valence-electron chi connectivity index (χ3n) is 5.73. The zero-order valence-electron chi connectivity index (χ0n) is 19.6. The average molecular weight is 496 g/mol. The number of benzene rings is 3. The van der Waals surface area contributed by atoms with Crippen LogP contribution < -0.4 is 20.3 Å². The lowest BCUT2D eigenvalue weighted by Gasteiger charge is -2.15. The molecule has 0 spiro atoms. The molecule has 1 N–H and O–H groups in total. The predicted molar refractivity (Wildman–Crippen MR) is 130 cm³/mol. The molecule has 0 fully saturated rings. The van der Waals surface area contributed by atoms with E-state index in [1.807, 2.05) is 6.07 Å². The van der Waals surface area contributed by atoms with Gasteiger partial charge in [-0.1, -0.05) is 30.3 Å². The number of methoxy groups -OCH3 is 2. The summed E-state index contributed by atoms with van der Waals surface area (Å²) in [6.07, 6.45) is -4.12. The Morgan fingerprint density at radius 2 is 1.67 bits per heavy atom. The average Bonchev–Trinajstić information content (AvgIpc) is 2.87. The number of amides is 1. The van der Waals surface area contributed by atoms with Gasteiger partial charge in [0.15, 0.2) is 11.5 Å². The minimum absolute atomic E-state index is 0.0194. The van der Waals surface area contributed by atoms with E-state index in [2.05, 4.69) is 5.32 Å². The highest BCUT2D eigenvalue weighted by atomic mass is 19.4.